The molecule has 428 valence electrons. The minimum absolute atomic E-state index is 0.0423. The van der Waals surface area contributed by atoms with Crippen molar-refractivity contribution >= 4 is 83.6 Å². The van der Waals surface area contributed by atoms with E-state index in [-0.39, 0.29) is 18.6 Å². The number of rotatable bonds is 37. The normalized spacial score (nSPS) is 14.7. The predicted octanol–water partition coefficient (Wildman–Crippen LogP) is -4.52. The Morgan fingerprint density at radius 1 is 0.440 bits per heavy atom. The van der Waals surface area contributed by atoms with E-state index >= 15 is 0 Å². The fraction of sp³-hybridized carbons (Fsp3) is 0.745. The van der Waals surface area contributed by atoms with E-state index in [1.165, 1.54) is 6.92 Å². The lowest BCUT2D eigenvalue weighted by molar-refractivity contribution is -0.142. The van der Waals surface area contributed by atoms with Crippen molar-refractivity contribution in [3.8, 4) is 0 Å². The van der Waals surface area contributed by atoms with Crippen LogP contribution in [0.1, 0.15) is 107 Å². The largest absolute Gasteiger partial charge is 0.480 e. The summed E-state index contributed by atoms with van der Waals surface area (Å²) < 4.78 is 0. The summed E-state index contributed by atoms with van der Waals surface area (Å²) in [4.78, 5) is 155. The second-order valence-corrected chi connectivity index (χ2v) is 19.6. The molecule has 0 rings (SSSR count). The molecule has 11 amide bonds. The first-order valence-electron chi connectivity index (χ1n) is 25.3. The molecule has 75 heavy (non-hydrogen) atoms. The average molecular weight is 1090 g/mol. The Bertz CT molecular complexity index is 1930. The van der Waals surface area contributed by atoms with Gasteiger partial charge in [-0.1, -0.05) is 61.8 Å². The van der Waals surface area contributed by atoms with Crippen LogP contribution in [0.4, 0.5) is 0 Å². The molecule has 0 heterocycles. The highest BCUT2D eigenvalue weighted by molar-refractivity contribution is 7.80. The Kier molecular flexibility index (Phi) is 33.7. The third-order valence-corrected chi connectivity index (χ3v) is 12.1. The number of amides is 11. The van der Waals surface area contributed by atoms with Crippen molar-refractivity contribution in [1.82, 2.24) is 58.5 Å². The van der Waals surface area contributed by atoms with Crippen LogP contribution in [-0.4, -0.2) is 169 Å². The number of hydrogen-bond donors (Lipinski definition) is 16. The maximum absolute atomic E-state index is 13.5. The SMILES string of the molecule is CC[C@H](C)[C@H](NC(=O)[C@@H](NC(=O)[C@@H](NC(=O)CNC(=O)CNC(=O)[C@@H](NC(=O)CNC(=O)[C@H](CCCCN)NC(=O)[C@H](CCCCN)NC(=O)CNC(=O)[C@@H](N)CS)C(C)C)C(C)C)C(C)C)C(=O)N[C@@H](C)C(=O)O. The standard InChI is InChI=1S/C47H86N14O13S/c1-10-27(8)39(46(72)55-28(9)47(73)74)61-45(71)38(26(6)7)60-44(70)37(25(4)5)59-34(64)20-51-32(62)19-54-43(69)36(24(2)3)58-35(65)22-53-41(67)30(15-11-13-17-48)57-42(68)31(16-12-14-18-49)56-33(63)21-52-40(66)29(50)23-75/h24-31,36-39,75H,10-23,48-50H2,1-9H3,(H,51,62)(H,52,66)(H,53,67)(H,54,69)(H,55,72)(H,56,63)(H,57,68)(H,58,65)(H,59,64)(H,60,70)(H,61,71)(H,73,74)/t27-,28-,29-,30-,31-,36-,37-,38-,39-/m0/s1. The molecule has 0 saturated heterocycles. The van der Waals surface area contributed by atoms with Gasteiger partial charge < -0.3 is 80.8 Å². The summed E-state index contributed by atoms with van der Waals surface area (Å²) in [5, 5.41) is 36.6. The molecule has 0 aromatic rings. The first kappa shape index (κ1) is 68.9. The lowest BCUT2D eigenvalue weighted by Crippen LogP contribution is -2.61. The van der Waals surface area contributed by atoms with Gasteiger partial charge in [0.2, 0.25) is 65.0 Å². The molecule has 0 aromatic heterocycles. The molecule has 9 atom stereocenters. The third kappa shape index (κ3) is 27.3. The topological polar surface area (TPSA) is 435 Å². The minimum Gasteiger partial charge on any atom is -0.480 e. The highest BCUT2D eigenvalue weighted by Crippen LogP contribution is 2.12. The molecule has 18 N–H and O–H groups in total. The summed E-state index contributed by atoms with van der Waals surface area (Å²) in [6, 6.07) is -9.12. The van der Waals surface area contributed by atoms with Crippen LogP contribution in [0.5, 0.6) is 0 Å². The van der Waals surface area contributed by atoms with E-state index in [1.807, 2.05) is 0 Å². The van der Waals surface area contributed by atoms with E-state index in [2.05, 4.69) is 71.1 Å². The molecule has 27 nitrogen and oxygen atoms in total. The molecule has 0 fully saturated rings. The molecule has 28 heteroatoms. The summed E-state index contributed by atoms with van der Waals surface area (Å²) in [6.07, 6.45) is 2.63. The van der Waals surface area contributed by atoms with Crippen molar-refractivity contribution < 1.29 is 62.6 Å². The molecule has 0 saturated carbocycles. The predicted molar refractivity (Wildman–Crippen MR) is 280 cm³/mol. The second-order valence-electron chi connectivity index (χ2n) is 19.2. The zero-order valence-electron chi connectivity index (χ0n) is 44.9. The van der Waals surface area contributed by atoms with Gasteiger partial charge in [0.15, 0.2) is 0 Å². The molecular formula is C47H86N14O13S. The lowest BCUT2D eigenvalue weighted by Gasteiger charge is -2.30. The first-order valence-corrected chi connectivity index (χ1v) is 26.0. The van der Waals surface area contributed by atoms with Crippen LogP contribution < -0.4 is 75.7 Å². The van der Waals surface area contributed by atoms with Crippen LogP contribution in [0.15, 0.2) is 0 Å². The number of carbonyl (C=O) groups excluding carboxylic acids is 11. The van der Waals surface area contributed by atoms with Gasteiger partial charge in [0, 0.05) is 5.75 Å². The Balaban J connectivity index is 5.59. The van der Waals surface area contributed by atoms with Crippen molar-refractivity contribution in [2.24, 2.45) is 40.9 Å². The molecule has 0 radical (unpaired) electrons. The van der Waals surface area contributed by atoms with Crippen LogP contribution in [0.25, 0.3) is 0 Å². The number of thiol groups is 1. The van der Waals surface area contributed by atoms with E-state index in [0.29, 0.717) is 45.2 Å². The van der Waals surface area contributed by atoms with E-state index in [9.17, 15) is 62.6 Å². The smallest absolute Gasteiger partial charge is 0.325 e. The zero-order chi connectivity index (χ0) is 57.5. The van der Waals surface area contributed by atoms with E-state index in [1.54, 1.807) is 55.4 Å². The molecule has 0 aliphatic rings. The van der Waals surface area contributed by atoms with Crippen LogP contribution in [0.3, 0.4) is 0 Å². The number of nitrogens with two attached hydrogens (primary N) is 3. The second kappa shape index (κ2) is 36.8. The maximum atomic E-state index is 13.5. The molecule has 0 spiro atoms. The molecule has 0 aromatic carbocycles. The summed E-state index contributed by atoms with van der Waals surface area (Å²) in [7, 11) is 0. The molecule has 0 unspecified atom stereocenters. The zero-order valence-corrected chi connectivity index (χ0v) is 45.7. The summed E-state index contributed by atoms with van der Waals surface area (Å²) in [6.45, 7) is 12.9. The van der Waals surface area contributed by atoms with Gasteiger partial charge in [0.1, 0.15) is 42.3 Å². The number of carboxylic acids is 1. The Hall–Kier alpha value is -6.13. The molecule has 0 bridgehead atoms. The van der Waals surface area contributed by atoms with Gasteiger partial charge in [-0.05, 0) is 82.2 Å². The van der Waals surface area contributed by atoms with Gasteiger partial charge in [-0.25, -0.2) is 0 Å². The monoisotopic (exact) mass is 1090 g/mol. The highest BCUT2D eigenvalue weighted by Gasteiger charge is 2.35. The van der Waals surface area contributed by atoms with Gasteiger partial charge in [0.25, 0.3) is 0 Å². The van der Waals surface area contributed by atoms with Crippen molar-refractivity contribution in [2.75, 3.05) is 45.0 Å². The number of carbonyl (C=O) groups is 12. The Morgan fingerprint density at radius 3 is 1.28 bits per heavy atom. The Morgan fingerprint density at radius 2 is 0.827 bits per heavy atom. The van der Waals surface area contributed by atoms with Crippen LogP contribution >= 0.6 is 12.6 Å². The van der Waals surface area contributed by atoms with Gasteiger partial charge >= 0.3 is 5.97 Å². The van der Waals surface area contributed by atoms with Gasteiger partial charge in [-0.2, -0.15) is 12.6 Å². The molecule has 0 aliphatic carbocycles. The van der Waals surface area contributed by atoms with Crippen molar-refractivity contribution in [3.05, 3.63) is 0 Å². The highest BCUT2D eigenvalue weighted by atomic mass is 32.1. The number of nitrogens with one attached hydrogen (secondary N) is 11. The number of aliphatic carboxylic acids is 1. The van der Waals surface area contributed by atoms with Crippen LogP contribution in [-0.2, 0) is 57.5 Å². The fourth-order valence-electron chi connectivity index (χ4n) is 6.84. The summed E-state index contributed by atoms with van der Waals surface area (Å²) in [5.74, 6) is -11.2. The van der Waals surface area contributed by atoms with Gasteiger partial charge in [0.05, 0.1) is 32.2 Å². The lowest BCUT2D eigenvalue weighted by atomic mass is 9.95. The number of hydrogen-bond acceptors (Lipinski definition) is 16. The van der Waals surface area contributed by atoms with Crippen molar-refractivity contribution in [3.63, 3.8) is 0 Å². The van der Waals surface area contributed by atoms with Gasteiger partial charge in [-0.3, -0.25) is 57.5 Å². The average Bonchev–Trinajstić information content (AvgIpc) is 3.35. The van der Waals surface area contributed by atoms with Crippen molar-refractivity contribution in [2.45, 2.75) is 156 Å². The van der Waals surface area contributed by atoms with Crippen LogP contribution in [0.2, 0.25) is 0 Å². The fourth-order valence-corrected chi connectivity index (χ4v) is 7.00. The Labute approximate surface area is 444 Å². The van der Waals surface area contributed by atoms with E-state index in [4.69, 9.17) is 17.2 Å². The van der Waals surface area contributed by atoms with E-state index < -0.39 is 169 Å². The molecule has 0 aliphatic heterocycles. The molecular weight excluding hydrogens is 1000 g/mol. The first-order chi connectivity index (χ1) is 35.1. The number of carboxylic acid groups (broad SMARTS) is 1. The number of unbranched alkanes of at least 4 members (excludes halogenated alkanes) is 2. The van der Waals surface area contributed by atoms with Crippen LogP contribution in [0, 0.1) is 23.7 Å². The third-order valence-electron chi connectivity index (χ3n) is 11.7. The van der Waals surface area contributed by atoms with Crippen molar-refractivity contribution in [1.29, 1.82) is 0 Å². The van der Waals surface area contributed by atoms with Gasteiger partial charge in [-0.15, -0.1) is 0 Å². The minimum atomic E-state index is -1.27. The van der Waals surface area contributed by atoms with E-state index in [0.717, 1.165) is 0 Å². The quantitative estimate of drug-likeness (QED) is 0.0206. The summed E-state index contributed by atoms with van der Waals surface area (Å²) in [5.41, 5.74) is 16.9. The summed E-state index contributed by atoms with van der Waals surface area (Å²) >= 11 is 3.96. The maximum Gasteiger partial charge on any atom is 0.325 e.